The number of nitrogens with two attached hydrogens (primary N) is 1. The Morgan fingerprint density at radius 1 is 1.15 bits per heavy atom. The zero-order valence-corrected chi connectivity index (χ0v) is 13.2. The zero-order valence-electron chi connectivity index (χ0n) is 13.2. The number of aryl methyl sites for hydroxylation is 1. The van der Waals surface area contributed by atoms with Gasteiger partial charge in [-0.15, -0.1) is 0 Å². The fourth-order valence-electron chi connectivity index (χ4n) is 2.93. The lowest BCUT2D eigenvalue weighted by molar-refractivity contribution is 0.251. The van der Waals surface area contributed by atoms with Crippen LogP contribution in [0.1, 0.15) is 30.9 Å². The Hall–Kier alpha value is -1.06. The molecule has 0 spiro atoms. The molecule has 1 saturated heterocycles. The van der Waals surface area contributed by atoms with Crippen molar-refractivity contribution in [3.8, 4) is 0 Å². The second-order valence-corrected chi connectivity index (χ2v) is 6.17. The van der Waals surface area contributed by atoms with Gasteiger partial charge >= 0.3 is 0 Å². The van der Waals surface area contributed by atoms with E-state index in [-0.39, 0.29) is 0 Å². The fourth-order valence-corrected chi connectivity index (χ4v) is 2.93. The molecule has 1 aliphatic heterocycles. The Labute approximate surface area is 123 Å². The van der Waals surface area contributed by atoms with Crippen LogP contribution in [0.2, 0.25) is 0 Å². The first kappa shape index (κ1) is 15.3. The van der Waals surface area contributed by atoms with Gasteiger partial charge < -0.3 is 10.6 Å². The van der Waals surface area contributed by atoms with Gasteiger partial charge in [-0.1, -0.05) is 12.1 Å². The minimum Gasteiger partial charge on any atom is -0.369 e. The summed E-state index contributed by atoms with van der Waals surface area (Å²) in [4.78, 5) is 5.11. The zero-order chi connectivity index (χ0) is 14.5. The summed E-state index contributed by atoms with van der Waals surface area (Å²) >= 11 is 0. The van der Waals surface area contributed by atoms with Crippen LogP contribution < -0.4 is 10.6 Å². The van der Waals surface area contributed by atoms with Crippen LogP contribution in [0.5, 0.6) is 0 Å². The molecule has 0 aromatic heterocycles. The maximum atomic E-state index is 5.81. The molecule has 1 aliphatic rings. The summed E-state index contributed by atoms with van der Waals surface area (Å²) < 4.78 is 0. The predicted octanol–water partition coefficient (Wildman–Crippen LogP) is 2.55. The fraction of sp³-hybridized carbons (Fsp3) is 0.647. The van der Waals surface area contributed by atoms with Gasteiger partial charge in [0.05, 0.1) is 0 Å². The van der Waals surface area contributed by atoms with E-state index in [1.165, 1.54) is 42.9 Å². The van der Waals surface area contributed by atoms with E-state index < -0.39 is 0 Å². The van der Waals surface area contributed by atoms with Crippen LogP contribution in [0.3, 0.4) is 0 Å². The third kappa shape index (κ3) is 3.97. The highest BCUT2D eigenvalue weighted by Crippen LogP contribution is 2.23. The number of hydrogen-bond donors (Lipinski definition) is 1. The van der Waals surface area contributed by atoms with E-state index in [0.717, 1.165) is 19.5 Å². The van der Waals surface area contributed by atoms with Gasteiger partial charge in [-0.2, -0.15) is 0 Å². The van der Waals surface area contributed by atoms with Crippen LogP contribution >= 0.6 is 0 Å². The van der Waals surface area contributed by atoms with Crippen molar-refractivity contribution in [3.05, 3.63) is 29.3 Å². The van der Waals surface area contributed by atoms with Crippen molar-refractivity contribution in [2.75, 3.05) is 37.6 Å². The summed E-state index contributed by atoms with van der Waals surface area (Å²) in [5, 5.41) is 0. The molecule has 112 valence electrons. The second kappa shape index (κ2) is 7.09. The molecule has 2 N–H and O–H groups in total. The van der Waals surface area contributed by atoms with Crippen LogP contribution in [0, 0.1) is 13.8 Å². The van der Waals surface area contributed by atoms with Crippen molar-refractivity contribution in [2.45, 2.75) is 39.7 Å². The number of anilines is 1. The van der Waals surface area contributed by atoms with E-state index in [9.17, 15) is 0 Å². The molecule has 0 bridgehead atoms. The van der Waals surface area contributed by atoms with Crippen molar-refractivity contribution >= 4 is 5.69 Å². The standard InChI is InChI=1S/C17H29N3/c1-14-6-4-8-17(16(14)3)20-12-10-19(11-13-20)9-5-7-15(2)18/h4,6,8,15H,5,7,9-13,18H2,1-3H3. The highest BCUT2D eigenvalue weighted by Gasteiger charge is 2.18. The first-order valence-electron chi connectivity index (χ1n) is 7.87. The topological polar surface area (TPSA) is 32.5 Å². The molecule has 3 nitrogen and oxygen atoms in total. The minimum absolute atomic E-state index is 0.339. The maximum Gasteiger partial charge on any atom is 0.0399 e. The number of hydrogen-bond acceptors (Lipinski definition) is 3. The van der Waals surface area contributed by atoms with Crippen molar-refractivity contribution in [1.29, 1.82) is 0 Å². The SMILES string of the molecule is Cc1cccc(N2CCN(CCCC(C)N)CC2)c1C. The number of benzene rings is 1. The quantitative estimate of drug-likeness (QED) is 0.896. The second-order valence-electron chi connectivity index (χ2n) is 6.17. The summed E-state index contributed by atoms with van der Waals surface area (Å²) in [6.07, 6.45) is 2.36. The third-order valence-electron chi connectivity index (χ3n) is 4.42. The van der Waals surface area contributed by atoms with Crippen LogP contribution in [0.15, 0.2) is 18.2 Å². The van der Waals surface area contributed by atoms with Crippen molar-refractivity contribution in [1.82, 2.24) is 4.90 Å². The van der Waals surface area contributed by atoms with Gasteiger partial charge in [0.25, 0.3) is 0 Å². The Morgan fingerprint density at radius 3 is 2.50 bits per heavy atom. The lowest BCUT2D eigenvalue weighted by Gasteiger charge is -2.37. The highest BCUT2D eigenvalue weighted by atomic mass is 15.3. The van der Waals surface area contributed by atoms with Gasteiger partial charge in [0.2, 0.25) is 0 Å². The Balaban J connectivity index is 1.83. The summed E-state index contributed by atoms with van der Waals surface area (Å²) in [7, 11) is 0. The predicted molar refractivity (Wildman–Crippen MR) is 87.5 cm³/mol. The molecule has 1 unspecified atom stereocenters. The average molecular weight is 275 g/mol. The van der Waals surface area contributed by atoms with Gasteiger partial charge in [0.15, 0.2) is 0 Å². The lowest BCUT2D eigenvalue weighted by atomic mass is 10.1. The normalized spacial score (nSPS) is 18.3. The maximum absolute atomic E-state index is 5.81. The molecule has 1 fully saturated rings. The highest BCUT2D eigenvalue weighted by molar-refractivity contribution is 5.56. The van der Waals surface area contributed by atoms with Crippen LogP contribution in [-0.4, -0.2) is 43.7 Å². The third-order valence-corrected chi connectivity index (χ3v) is 4.42. The lowest BCUT2D eigenvalue weighted by Crippen LogP contribution is -2.47. The Bertz CT molecular complexity index is 420. The molecule has 20 heavy (non-hydrogen) atoms. The summed E-state index contributed by atoms with van der Waals surface area (Å²) in [5.41, 5.74) is 10.0. The van der Waals surface area contributed by atoms with E-state index in [0.29, 0.717) is 6.04 Å². The number of nitrogens with zero attached hydrogens (tertiary/aromatic N) is 2. The van der Waals surface area contributed by atoms with Crippen LogP contribution in [-0.2, 0) is 0 Å². The van der Waals surface area contributed by atoms with E-state index in [1.54, 1.807) is 0 Å². The van der Waals surface area contributed by atoms with Crippen molar-refractivity contribution in [2.24, 2.45) is 5.73 Å². The molecule has 0 saturated carbocycles. The number of rotatable bonds is 5. The molecule has 1 aromatic rings. The first-order chi connectivity index (χ1) is 9.58. The molecular weight excluding hydrogens is 246 g/mol. The Morgan fingerprint density at radius 2 is 1.85 bits per heavy atom. The van der Waals surface area contributed by atoms with Gasteiger partial charge in [-0.3, -0.25) is 4.90 Å². The molecule has 0 amide bonds. The molecule has 1 aromatic carbocycles. The monoisotopic (exact) mass is 275 g/mol. The van der Waals surface area contributed by atoms with E-state index >= 15 is 0 Å². The van der Waals surface area contributed by atoms with E-state index in [1.807, 2.05) is 0 Å². The molecule has 3 heteroatoms. The van der Waals surface area contributed by atoms with Gasteiger partial charge in [-0.05, 0) is 57.4 Å². The molecular formula is C17H29N3. The first-order valence-corrected chi connectivity index (χ1v) is 7.87. The number of piperazine rings is 1. The van der Waals surface area contributed by atoms with Gasteiger partial charge in [0.1, 0.15) is 0 Å². The van der Waals surface area contributed by atoms with E-state index in [2.05, 4.69) is 48.8 Å². The summed E-state index contributed by atoms with van der Waals surface area (Å²) in [5.74, 6) is 0. The summed E-state index contributed by atoms with van der Waals surface area (Å²) in [6.45, 7) is 12.4. The van der Waals surface area contributed by atoms with Crippen LogP contribution in [0.4, 0.5) is 5.69 Å². The molecule has 2 rings (SSSR count). The van der Waals surface area contributed by atoms with Gasteiger partial charge in [-0.25, -0.2) is 0 Å². The minimum atomic E-state index is 0.339. The molecule has 0 aliphatic carbocycles. The Kier molecular flexibility index (Phi) is 5.44. The average Bonchev–Trinajstić information content (AvgIpc) is 2.42. The molecule has 0 radical (unpaired) electrons. The summed E-state index contributed by atoms with van der Waals surface area (Å²) in [6, 6.07) is 6.97. The smallest absolute Gasteiger partial charge is 0.0399 e. The van der Waals surface area contributed by atoms with Gasteiger partial charge in [0, 0.05) is 37.9 Å². The largest absolute Gasteiger partial charge is 0.369 e. The van der Waals surface area contributed by atoms with Crippen molar-refractivity contribution < 1.29 is 0 Å². The van der Waals surface area contributed by atoms with E-state index in [4.69, 9.17) is 5.73 Å². The van der Waals surface area contributed by atoms with Crippen LogP contribution in [0.25, 0.3) is 0 Å². The van der Waals surface area contributed by atoms with Crippen molar-refractivity contribution in [3.63, 3.8) is 0 Å². The molecule has 1 heterocycles. The molecule has 1 atom stereocenters.